The molecule has 3 aromatic rings. The largest absolute Gasteiger partial charge is 0.334 e. The predicted octanol–water partition coefficient (Wildman–Crippen LogP) is 3.02. The number of hydrogen-bond acceptors (Lipinski definition) is 7. The number of carbonyl (C=O) groups is 1. The van der Waals surface area contributed by atoms with E-state index in [-0.39, 0.29) is 5.78 Å². The summed E-state index contributed by atoms with van der Waals surface area (Å²) in [5.74, 6) is 1.03. The number of carbonyl (C=O) groups excluding carboxylic acids is 1. The Balaban J connectivity index is 1.76. The first kappa shape index (κ1) is 15.2. The summed E-state index contributed by atoms with van der Waals surface area (Å²) in [5.41, 5.74) is 5.07. The number of Topliss-reactive ketones (excluding diaryl/α,β-unsaturated/α-hetero) is 1. The molecule has 0 amide bonds. The van der Waals surface area contributed by atoms with Crippen LogP contribution in [0.5, 0.6) is 0 Å². The summed E-state index contributed by atoms with van der Waals surface area (Å²) in [6.07, 6.45) is 2.84. The molecule has 0 atom stereocenters. The Labute approximate surface area is 142 Å². The van der Waals surface area contributed by atoms with Crippen LogP contribution in [0.4, 0.5) is 0 Å². The van der Waals surface area contributed by atoms with E-state index in [0.29, 0.717) is 16.6 Å². The minimum Gasteiger partial charge on any atom is -0.334 e. The van der Waals surface area contributed by atoms with Crippen LogP contribution in [0.15, 0.2) is 22.2 Å². The van der Waals surface area contributed by atoms with Crippen LogP contribution in [0.2, 0.25) is 0 Å². The molecule has 0 fully saturated rings. The smallest absolute Gasteiger partial charge is 0.259 e. The number of nitrogens with zero attached hydrogens (tertiary/aromatic N) is 3. The number of aromatic nitrogens is 3. The molecule has 6 nitrogen and oxygen atoms in total. The second-order valence-electron chi connectivity index (χ2n) is 5.83. The van der Waals surface area contributed by atoms with Crippen molar-refractivity contribution in [2.75, 3.05) is 6.54 Å². The number of nitrogens with one attached hydrogen (secondary N) is 1. The van der Waals surface area contributed by atoms with Gasteiger partial charge in [-0.1, -0.05) is 5.16 Å². The van der Waals surface area contributed by atoms with Crippen LogP contribution >= 0.6 is 11.3 Å². The van der Waals surface area contributed by atoms with E-state index in [2.05, 4.69) is 20.4 Å². The maximum Gasteiger partial charge on any atom is 0.259 e. The van der Waals surface area contributed by atoms with Gasteiger partial charge in [0.05, 0.1) is 10.4 Å². The van der Waals surface area contributed by atoms with Gasteiger partial charge in [0, 0.05) is 29.4 Å². The number of rotatable bonds is 3. The molecule has 0 unspecified atom stereocenters. The SMILES string of the molecule is CC(=O)c1cc(-c2nc(-c3c(C)ncc4c3CCNC4)no2)cs1. The molecule has 4 heterocycles. The molecular formula is C17H16N4O2S. The maximum atomic E-state index is 11.5. The first-order valence-electron chi connectivity index (χ1n) is 7.75. The van der Waals surface area contributed by atoms with Crippen LogP contribution in [0.3, 0.4) is 0 Å². The van der Waals surface area contributed by atoms with Crippen LogP contribution < -0.4 is 5.32 Å². The molecule has 4 rings (SSSR count). The van der Waals surface area contributed by atoms with Crippen LogP contribution in [0, 0.1) is 6.92 Å². The average Bonchev–Trinajstić information content (AvgIpc) is 3.24. The van der Waals surface area contributed by atoms with Crippen molar-refractivity contribution in [3.8, 4) is 22.8 Å². The van der Waals surface area contributed by atoms with E-state index in [1.165, 1.54) is 22.5 Å². The van der Waals surface area contributed by atoms with Gasteiger partial charge in [0.2, 0.25) is 5.82 Å². The van der Waals surface area contributed by atoms with Gasteiger partial charge in [0.25, 0.3) is 5.89 Å². The van der Waals surface area contributed by atoms with Crippen LogP contribution in [0.25, 0.3) is 22.8 Å². The van der Waals surface area contributed by atoms with Crippen LogP contribution in [0.1, 0.15) is 33.4 Å². The summed E-state index contributed by atoms with van der Waals surface area (Å²) in [7, 11) is 0. The van der Waals surface area contributed by atoms with Crippen molar-refractivity contribution in [1.82, 2.24) is 20.4 Å². The molecule has 0 aliphatic carbocycles. The zero-order chi connectivity index (χ0) is 16.7. The lowest BCUT2D eigenvalue weighted by molar-refractivity contribution is 0.102. The topological polar surface area (TPSA) is 80.9 Å². The van der Waals surface area contributed by atoms with Gasteiger partial charge in [0.1, 0.15) is 0 Å². The molecule has 0 saturated heterocycles. The third-order valence-electron chi connectivity index (χ3n) is 4.18. The van der Waals surface area contributed by atoms with Crippen molar-refractivity contribution in [1.29, 1.82) is 0 Å². The molecule has 0 radical (unpaired) electrons. The van der Waals surface area contributed by atoms with Gasteiger partial charge >= 0.3 is 0 Å². The summed E-state index contributed by atoms with van der Waals surface area (Å²) in [6.45, 7) is 5.26. The number of ketones is 1. The van der Waals surface area contributed by atoms with Crippen LogP contribution in [-0.2, 0) is 13.0 Å². The predicted molar refractivity (Wildman–Crippen MR) is 91.0 cm³/mol. The van der Waals surface area contributed by atoms with Gasteiger partial charge in [-0.15, -0.1) is 11.3 Å². The van der Waals surface area contributed by atoms with E-state index in [1.807, 2.05) is 18.5 Å². The minimum absolute atomic E-state index is 0.0377. The zero-order valence-electron chi connectivity index (χ0n) is 13.4. The third-order valence-corrected chi connectivity index (χ3v) is 5.21. The minimum atomic E-state index is 0.0377. The Morgan fingerprint density at radius 1 is 1.42 bits per heavy atom. The summed E-state index contributed by atoms with van der Waals surface area (Å²) in [4.78, 5) is 21.2. The second kappa shape index (κ2) is 5.92. The number of pyridine rings is 1. The molecule has 3 aromatic heterocycles. The highest BCUT2D eigenvalue weighted by atomic mass is 32.1. The highest BCUT2D eigenvalue weighted by Gasteiger charge is 2.21. The van der Waals surface area contributed by atoms with Gasteiger partial charge in [-0.05, 0) is 44.0 Å². The number of hydrogen-bond donors (Lipinski definition) is 1. The van der Waals surface area contributed by atoms with E-state index in [1.54, 1.807) is 13.0 Å². The lowest BCUT2D eigenvalue weighted by Gasteiger charge is -2.19. The van der Waals surface area contributed by atoms with Gasteiger partial charge < -0.3 is 9.84 Å². The number of aryl methyl sites for hydroxylation is 1. The Kier molecular flexibility index (Phi) is 3.74. The summed E-state index contributed by atoms with van der Waals surface area (Å²) < 4.78 is 5.44. The fourth-order valence-corrected chi connectivity index (χ4v) is 3.73. The summed E-state index contributed by atoms with van der Waals surface area (Å²) in [6, 6.07) is 1.79. The third kappa shape index (κ3) is 2.55. The van der Waals surface area contributed by atoms with Gasteiger partial charge in [-0.2, -0.15) is 4.98 Å². The van der Waals surface area contributed by atoms with Crippen molar-refractivity contribution in [3.05, 3.63) is 39.3 Å². The highest BCUT2D eigenvalue weighted by Crippen LogP contribution is 2.31. The standard InChI is InChI=1S/C17H16N4O2S/c1-9-15(13-3-4-18-6-12(13)7-19-9)16-20-17(23-21-16)11-5-14(10(2)22)24-8-11/h5,7-8,18H,3-4,6H2,1-2H3. The molecule has 1 aliphatic heterocycles. The summed E-state index contributed by atoms with van der Waals surface area (Å²) in [5, 5.41) is 9.37. The molecule has 0 spiro atoms. The monoisotopic (exact) mass is 340 g/mol. The molecule has 1 aliphatic rings. The molecule has 24 heavy (non-hydrogen) atoms. The Morgan fingerprint density at radius 2 is 2.29 bits per heavy atom. The second-order valence-corrected chi connectivity index (χ2v) is 6.74. The van der Waals surface area contributed by atoms with Crippen molar-refractivity contribution in [3.63, 3.8) is 0 Å². The Hall–Kier alpha value is -2.38. The van der Waals surface area contributed by atoms with E-state index in [4.69, 9.17) is 4.52 Å². The lowest BCUT2D eigenvalue weighted by Crippen LogP contribution is -2.24. The molecule has 0 aromatic carbocycles. The van der Waals surface area contributed by atoms with E-state index >= 15 is 0 Å². The first-order chi connectivity index (χ1) is 11.6. The fraction of sp³-hybridized carbons (Fsp3) is 0.294. The Morgan fingerprint density at radius 3 is 3.08 bits per heavy atom. The fourth-order valence-electron chi connectivity index (χ4n) is 2.94. The van der Waals surface area contributed by atoms with Crippen molar-refractivity contribution in [2.45, 2.75) is 26.8 Å². The lowest BCUT2D eigenvalue weighted by atomic mass is 9.95. The number of thiophene rings is 1. The molecule has 7 heteroatoms. The molecule has 122 valence electrons. The van der Waals surface area contributed by atoms with Gasteiger partial charge in [-0.3, -0.25) is 9.78 Å². The van der Waals surface area contributed by atoms with Gasteiger partial charge in [0.15, 0.2) is 5.78 Å². The number of fused-ring (bicyclic) bond motifs is 1. The first-order valence-corrected chi connectivity index (χ1v) is 8.63. The molecule has 1 N–H and O–H groups in total. The van der Waals surface area contributed by atoms with E-state index in [9.17, 15) is 4.79 Å². The Bertz CT molecular complexity index is 929. The van der Waals surface area contributed by atoms with Gasteiger partial charge in [-0.25, -0.2) is 0 Å². The van der Waals surface area contributed by atoms with Crippen molar-refractivity contribution in [2.24, 2.45) is 0 Å². The normalized spacial score (nSPS) is 13.8. The van der Waals surface area contributed by atoms with Crippen molar-refractivity contribution >= 4 is 17.1 Å². The highest BCUT2D eigenvalue weighted by molar-refractivity contribution is 7.12. The van der Waals surface area contributed by atoms with E-state index in [0.717, 1.165) is 36.3 Å². The molecular weight excluding hydrogens is 324 g/mol. The molecule has 0 bridgehead atoms. The summed E-state index contributed by atoms with van der Waals surface area (Å²) >= 11 is 1.39. The maximum absolute atomic E-state index is 11.5. The molecule has 0 saturated carbocycles. The average molecular weight is 340 g/mol. The van der Waals surface area contributed by atoms with Crippen molar-refractivity contribution < 1.29 is 9.32 Å². The quantitative estimate of drug-likeness (QED) is 0.738. The van der Waals surface area contributed by atoms with Crippen LogP contribution in [-0.4, -0.2) is 27.5 Å². The van der Waals surface area contributed by atoms with E-state index < -0.39 is 0 Å². The zero-order valence-corrected chi connectivity index (χ0v) is 14.2.